The fourth-order valence-electron chi connectivity index (χ4n) is 1.62. The topological polar surface area (TPSA) is 17.1 Å². The molecule has 1 aromatic carbocycles. The quantitative estimate of drug-likeness (QED) is 0.756. The minimum absolute atomic E-state index is 0.0995. The molecule has 82 valence electrons. The molecule has 0 aromatic heterocycles. The van der Waals surface area contributed by atoms with Crippen LogP contribution in [-0.2, 0) is 10.2 Å². The van der Waals surface area contributed by atoms with Gasteiger partial charge < -0.3 is 0 Å². The van der Waals surface area contributed by atoms with Crippen LogP contribution in [-0.4, -0.2) is 5.78 Å². The van der Waals surface area contributed by atoms with Crippen LogP contribution in [0.1, 0.15) is 39.2 Å². The maximum absolute atomic E-state index is 11.4. The second-order valence-electron chi connectivity index (χ2n) is 4.46. The molecule has 0 aliphatic heterocycles. The number of carbonyl (C=O) groups is 1. The van der Waals surface area contributed by atoms with Gasteiger partial charge in [0.1, 0.15) is 5.78 Å². The third kappa shape index (κ3) is 3.35. The minimum Gasteiger partial charge on any atom is -0.300 e. The van der Waals surface area contributed by atoms with Gasteiger partial charge in [-0.05, 0) is 23.1 Å². The molecule has 0 aliphatic rings. The normalized spacial score (nSPS) is 11.5. The molecule has 1 rings (SSSR count). The Morgan fingerprint density at radius 2 is 1.80 bits per heavy atom. The van der Waals surface area contributed by atoms with Crippen LogP contribution in [0, 0.1) is 0 Å². The Hall–Kier alpha value is -0.820. The van der Waals surface area contributed by atoms with Gasteiger partial charge in [0.05, 0.1) is 0 Å². The molecular formula is C13H17ClO. The average Bonchev–Trinajstić information content (AvgIpc) is 2.17. The Bertz CT molecular complexity index is 338. The van der Waals surface area contributed by atoms with Crippen molar-refractivity contribution in [1.29, 1.82) is 0 Å². The zero-order valence-corrected chi connectivity index (χ0v) is 10.3. The first-order chi connectivity index (χ1) is 6.95. The van der Waals surface area contributed by atoms with Crippen LogP contribution in [0.2, 0.25) is 5.02 Å². The molecule has 0 N–H and O–H groups in total. The Balaban J connectivity index is 2.85. The Morgan fingerprint density at radius 1 is 1.27 bits per heavy atom. The maximum atomic E-state index is 11.4. The molecule has 1 nitrogen and oxygen atoms in total. The molecule has 0 atom stereocenters. The summed E-state index contributed by atoms with van der Waals surface area (Å²) in [7, 11) is 0. The van der Waals surface area contributed by atoms with Gasteiger partial charge in [-0.25, -0.2) is 0 Å². The van der Waals surface area contributed by atoms with E-state index in [0.717, 1.165) is 10.6 Å². The molecule has 1 aromatic rings. The molecule has 15 heavy (non-hydrogen) atoms. The fourth-order valence-corrected chi connectivity index (χ4v) is 1.75. The van der Waals surface area contributed by atoms with Crippen molar-refractivity contribution in [1.82, 2.24) is 0 Å². The van der Waals surface area contributed by atoms with E-state index in [-0.39, 0.29) is 5.41 Å². The lowest BCUT2D eigenvalue weighted by molar-refractivity contribution is -0.119. The highest BCUT2D eigenvalue weighted by atomic mass is 35.5. The van der Waals surface area contributed by atoms with Gasteiger partial charge in [-0.15, -0.1) is 0 Å². The van der Waals surface area contributed by atoms with Crippen LogP contribution in [0.4, 0.5) is 0 Å². The summed E-state index contributed by atoms with van der Waals surface area (Å²) in [4.78, 5) is 11.4. The molecule has 0 radical (unpaired) electrons. The van der Waals surface area contributed by atoms with Crippen molar-refractivity contribution in [3.8, 4) is 0 Å². The van der Waals surface area contributed by atoms with E-state index in [1.807, 2.05) is 31.2 Å². The standard InChI is InChI=1S/C13H17ClO/c1-4-12(15)9-13(2,3)10-5-7-11(14)8-6-10/h5-8H,4,9H2,1-3H3. The zero-order valence-electron chi connectivity index (χ0n) is 9.51. The summed E-state index contributed by atoms with van der Waals surface area (Å²) in [5, 5.41) is 0.733. The predicted octanol–water partition coefficient (Wildman–Crippen LogP) is 3.99. The molecular weight excluding hydrogens is 208 g/mol. The smallest absolute Gasteiger partial charge is 0.133 e. The summed E-state index contributed by atoms with van der Waals surface area (Å²) in [5.74, 6) is 0.301. The number of rotatable bonds is 4. The van der Waals surface area contributed by atoms with Gasteiger partial charge in [-0.2, -0.15) is 0 Å². The third-order valence-electron chi connectivity index (χ3n) is 2.66. The zero-order chi connectivity index (χ0) is 11.5. The van der Waals surface area contributed by atoms with Crippen molar-refractivity contribution in [3.05, 3.63) is 34.9 Å². The molecule has 0 saturated carbocycles. The van der Waals surface area contributed by atoms with Crippen LogP contribution in [0.15, 0.2) is 24.3 Å². The third-order valence-corrected chi connectivity index (χ3v) is 2.91. The second kappa shape index (κ2) is 4.80. The minimum atomic E-state index is -0.0995. The lowest BCUT2D eigenvalue weighted by atomic mass is 9.80. The highest BCUT2D eigenvalue weighted by molar-refractivity contribution is 6.30. The molecule has 0 fully saturated rings. The maximum Gasteiger partial charge on any atom is 0.133 e. The van der Waals surface area contributed by atoms with Crippen LogP contribution in [0.3, 0.4) is 0 Å². The summed E-state index contributed by atoms with van der Waals surface area (Å²) in [5.41, 5.74) is 1.06. The Morgan fingerprint density at radius 3 is 2.27 bits per heavy atom. The number of benzene rings is 1. The number of hydrogen-bond donors (Lipinski definition) is 0. The molecule has 0 unspecified atom stereocenters. The monoisotopic (exact) mass is 224 g/mol. The van der Waals surface area contributed by atoms with E-state index in [2.05, 4.69) is 13.8 Å². The fraction of sp³-hybridized carbons (Fsp3) is 0.462. The van der Waals surface area contributed by atoms with Gasteiger partial charge >= 0.3 is 0 Å². The first-order valence-corrected chi connectivity index (χ1v) is 5.61. The van der Waals surface area contributed by atoms with Crippen LogP contribution in [0.25, 0.3) is 0 Å². The van der Waals surface area contributed by atoms with E-state index in [1.165, 1.54) is 0 Å². The first kappa shape index (κ1) is 12.3. The summed E-state index contributed by atoms with van der Waals surface area (Å²) < 4.78 is 0. The Labute approximate surface area is 96.5 Å². The van der Waals surface area contributed by atoms with E-state index < -0.39 is 0 Å². The molecule has 2 heteroatoms. The van der Waals surface area contributed by atoms with E-state index in [4.69, 9.17) is 11.6 Å². The molecule has 0 aliphatic carbocycles. The van der Waals surface area contributed by atoms with Crippen LogP contribution < -0.4 is 0 Å². The number of ketones is 1. The van der Waals surface area contributed by atoms with Gasteiger partial charge in [0.2, 0.25) is 0 Å². The lowest BCUT2D eigenvalue weighted by Gasteiger charge is -2.24. The van der Waals surface area contributed by atoms with Crippen LogP contribution in [0.5, 0.6) is 0 Å². The molecule has 0 bridgehead atoms. The van der Waals surface area contributed by atoms with Crippen molar-refractivity contribution < 1.29 is 4.79 Å². The van der Waals surface area contributed by atoms with E-state index in [9.17, 15) is 4.79 Å². The average molecular weight is 225 g/mol. The molecule has 0 heterocycles. The summed E-state index contributed by atoms with van der Waals surface area (Å²) >= 11 is 5.83. The van der Waals surface area contributed by atoms with Gasteiger partial charge in [-0.3, -0.25) is 4.79 Å². The number of hydrogen-bond acceptors (Lipinski definition) is 1. The van der Waals surface area contributed by atoms with Crippen molar-refractivity contribution in [3.63, 3.8) is 0 Å². The van der Waals surface area contributed by atoms with Crippen LogP contribution >= 0.6 is 11.6 Å². The number of Topliss-reactive ketones (excluding diaryl/α,β-unsaturated/α-hetero) is 1. The number of halogens is 1. The van der Waals surface area contributed by atoms with Gasteiger partial charge in [-0.1, -0.05) is 44.5 Å². The Kier molecular flexibility index (Phi) is 3.92. The summed E-state index contributed by atoms with van der Waals surface area (Å²) in [6.45, 7) is 6.08. The summed E-state index contributed by atoms with van der Waals surface area (Å²) in [6.07, 6.45) is 1.20. The lowest BCUT2D eigenvalue weighted by Crippen LogP contribution is -2.21. The van der Waals surface area contributed by atoms with E-state index in [1.54, 1.807) is 0 Å². The number of carbonyl (C=O) groups excluding carboxylic acids is 1. The largest absolute Gasteiger partial charge is 0.300 e. The highest BCUT2D eigenvalue weighted by Gasteiger charge is 2.23. The van der Waals surface area contributed by atoms with Gasteiger partial charge in [0.25, 0.3) is 0 Å². The molecule has 0 amide bonds. The van der Waals surface area contributed by atoms with Crippen molar-refractivity contribution in [2.24, 2.45) is 0 Å². The summed E-state index contributed by atoms with van der Waals surface area (Å²) in [6, 6.07) is 7.72. The SMILES string of the molecule is CCC(=O)CC(C)(C)c1ccc(Cl)cc1. The first-order valence-electron chi connectivity index (χ1n) is 5.23. The van der Waals surface area contributed by atoms with Gasteiger partial charge in [0.15, 0.2) is 0 Å². The van der Waals surface area contributed by atoms with Crippen molar-refractivity contribution >= 4 is 17.4 Å². The van der Waals surface area contributed by atoms with E-state index in [0.29, 0.717) is 18.6 Å². The predicted molar refractivity (Wildman–Crippen MR) is 64.4 cm³/mol. The highest BCUT2D eigenvalue weighted by Crippen LogP contribution is 2.28. The molecule has 0 saturated heterocycles. The van der Waals surface area contributed by atoms with Crippen molar-refractivity contribution in [2.75, 3.05) is 0 Å². The van der Waals surface area contributed by atoms with Crippen molar-refractivity contribution in [2.45, 2.75) is 39.0 Å². The van der Waals surface area contributed by atoms with Gasteiger partial charge in [0, 0.05) is 17.9 Å². The van der Waals surface area contributed by atoms with E-state index >= 15 is 0 Å². The second-order valence-corrected chi connectivity index (χ2v) is 4.90. The molecule has 0 spiro atoms.